The number of nitrogens with two attached hydrogens (primary N) is 1. The number of carbonyl (C=O) groups is 1. The molecule has 0 fully saturated rings. The van der Waals surface area contributed by atoms with E-state index in [1.54, 1.807) is 18.4 Å². The Balaban J connectivity index is 1.79. The van der Waals surface area contributed by atoms with E-state index < -0.39 is 6.43 Å². The minimum absolute atomic E-state index is 0.162. The SMILES string of the molecule is Cc1cc(-c2ccc(C(F)F)cn2)[nH]c1C(=O)NC(CCN)c1nc(CO)cs1. The summed E-state index contributed by atoms with van der Waals surface area (Å²) < 4.78 is 25.4. The number of H-pyrrole nitrogens is 1. The van der Waals surface area contributed by atoms with Crippen LogP contribution in [0.4, 0.5) is 8.78 Å². The highest BCUT2D eigenvalue weighted by Gasteiger charge is 2.21. The highest BCUT2D eigenvalue weighted by Crippen LogP contribution is 2.25. The third kappa shape index (κ3) is 4.84. The maximum Gasteiger partial charge on any atom is 0.268 e. The van der Waals surface area contributed by atoms with Gasteiger partial charge < -0.3 is 21.1 Å². The number of aromatic nitrogens is 3. The van der Waals surface area contributed by atoms with Gasteiger partial charge >= 0.3 is 0 Å². The maximum absolute atomic E-state index is 12.8. The molecule has 154 valence electrons. The number of halogens is 2. The molecule has 0 aliphatic carbocycles. The number of rotatable bonds is 8. The summed E-state index contributed by atoms with van der Waals surface area (Å²) in [5.41, 5.74) is 8.11. The molecule has 0 aromatic carbocycles. The van der Waals surface area contributed by atoms with E-state index in [0.29, 0.717) is 46.3 Å². The third-order valence-electron chi connectivity index (χ3n) is 4.35. The monoisotopic (exact) mass is 421 g/mol. The number of pyridine rings is 1. The third-order valence-corrected chi connectivity index (χ3v) is 5.35. The van der Waals surface area contributed by atoms with Crippen molar-refractivity contribution in [3.05, 3.63) is 57.3 Å². The van der Waals surface area contributed by atoms with Crippen LogP contribution in [-0.4, -0.2) is 32.5 Å². The zero-order valence-electron chi connectivity index (χ0n) is 15.7. The summed E-state index contributed by atoms with van der Waals surface area (Å²) in [5.74, 6) is -0.336. The normalized spacial score (nSPS) is 12.3. The Labute approximate surface area is 170 Å². The van der Waals surface area contributed by atoms with Crippen molar-refractivity contribution in [2.24, 2.45) is 5.73 Å². The van der Waals surface area contributed by atoms with E-state index in [1.165, 1.54) is 23.5 Å². The maximum atomic E-state index is 12.8. The van der Waals surface area contributed by atoms with E-state index in [2.05, 4.69) is 20.3 Å². The van der Waals surface area contributed by atoms with Crippen LogP contribution in [0.25, 0.3) is 11.4 Å². The van der Waals surface area contributed by atoms with Gasteiger partial charge in [0.15, 0.2) is 0 Å². The fourth-order valence-corrected chi connectivity index (χ4v) is 3.73. The van der Waals surface area contributed by atoms with E-state index in [0.717, 1.165) is 6.20 Å². The first-order valence-electron chi connectivity index (χ1n) is 8.93. The zero-order valence-corrected chi connectivity index (χ0v) is 16.5. The van der Waals surface area contributed by atoms with Crippen LogP contribution in [0.5, 0.6) is 0 Å². The lowest BCUT2D eigenvalue weighted by Gasteiger charge is -2.15. The van der Waals surface area contributed by atoms with Gasteiger partial charge in [-0.3, -0.25) is 9.78 Å². The summed E-state index contributed by atoms with van der Waals surface area (Å²) in [7, 11) is 0. The number of aliphatic hydroxyl groups is 1. The van der Waals surface area contributed by atoms with Gasteiger partial charge in [0, 0.05) is 17.1 Å². The molecule has 5 N–H and O–H groups in total. The largest absolute Gasteiger partial charge is 0.390 e. The number of nitrogens with zero attached hydrogens (tertiary/aromatic N) is 2. The van der Waals surface area contributed by atoms with E-state index in [-0.39, 0.29) is 24.1 Å². The molecule has 3 aromatic heterocycles. The number of thiazole rings is 1. The Hall–Kier alpha value is -2.69. The molecule has 3 heterocycles. The highest BCUT2D eigenvalue weighted by molar-refractivity contribution is 7.09. The summed E-state index contributed by atoms with van der Waals surface area (Å²) in [5, 5.41) is 14.5. The number of aliphatic hydroxyl groups excluding tert-OH is 1. The van der Waals surface area contributed by atoms with Crippen molar-refractivity contribution >= 4 is 17.2 Å². The molecule has 10 heteroatoms. The van der Waals surface area contributed by atoms with E-state index >= 15 is 0 Å². The number of nitrogens with one attached hydrogen (secondary N) is 2. The van der Waals surface area contributed by atoms with Crippen LogP contribution in [0.2, 0.25) is 0 Å². The lowest BCUT2D eigenvalue weighted by atomic mass is 10.2. The van der Waals surface area contributed by atoms with Gasteiger partial charge in [-0.25, -0.2) is 13.8 Å². The predicted molar refractivity (Wildman–Crippen MR) is 106 cm³/mol. The average molecular weight is 421 g/mol. The van der Waals surface area contributed by atoms with E-state index in [9.17, 15) is 18.7 Å². The molecule has 0 aliphatic rings. The van der Waals surface area contributed by atoms with Gasteiger partial charge in [-0.2, -0.15) is 0 Å². The zero-order chi connectivity index (χ0) is 21.0. The molecule has 0 bridgehead atoms. The first kappa shape index (κ1) is 21.0. The van der Waals surface area contributed by atoms with E-state index in [4.69, 9.17) is 5.73 Å². The number of hydrogen-bond donors (Lipinski definition) is 4. The molecule has 1 unspecified atom stereocenters. The number of aryl methyl sites for hydroxylation is 1. The van der Waals surface area contributed by atoms with Gasteiger partial charge in [-0.1, -0.05) is 0 Å². The van der Waals surface area contributed by atoms with Crippen LogP contribution in [0.3, 0.4) is 0 Å². The molecule has 3 aromatic rings. The second kappa shape index (κ2) is 9.21. The van der Waals surface area contributed by atoms with Crippen LogP contribution in [0.1, 0.15) is 51.2 Å². The summed E-state index contributed by atoms with van der Waals surface area (Å²) in [6.07, 6.45) is -0.970. The van der Waals surface area contributed by atoms with Crippen molar-refractivity contribution in [2.75, 3.05) is 6.54 Å². The molecular formula is C19H21F2N5O2S. The van der Waals surface area contributed by atoms with Gasteiger partial charge in [0.1, 0.15) is 10.7 Å². The molecule has 0 aliphatic heterocycles. The van der Waals surface area contributed by atoms with Gasteiger partial charge in [-0.05, 0) is 43.7 Å². The van der Waals surface area contributed by atoms with Crippen molar-refractivity contribution in [1.29, 1.82) is 0 Å². The number of hydrogen-bond acceptors (Lipinski definition) is 6. The molecule has 0 saturated carbocycles. The lowest BCUT2D eigenvalue weighted by molar-refractivity contribution is 0.0930. The fourth-order valence-electron chi connectivity index (χ4n) is 2.84. The Morgan fingerprint density at radius 2 is 2.21 bits per heavy atom. The molecule has 1 atom stereocenters. The van der Waals surface area contributed by atoms with Crippen molar-refractivity contribution in [3.63, 3.8) is 0 Å². The molecule has 3 rings (SSSR count). The van der Waals surface area contributed by atoms with Crippen LogP contribution in [0, 0.1) is 6.92 Å². The minimum Gasteiger partial charge on any atom is -0.390 e. The minimum atomic E-state index is -2.58. The van der Waals surface area contributed by atoms with Gasteiger partial charge in [0.25, 0.3) is 12.3 Å². The average Bonchev–Trinajstić information content (AvgIpc) is 3.34. The van der Waals surface area contributed by atoms with Crippen molar-refractivity contribution in [3.8, 4) is 11.4 Å². The topological polar surface area (TPSA) is 117 Å². The smallest absolute Gasteiger partial charge is 0.268 e. The Bertz CT molecular complexity index is 971. The first-order valence-corrected chi connectivity index (χ1v) is 9.81. The molecule has 7 nitrogen and oxygen atoms in total. The summed E-state index contributed by atoms with van der Waals surface area (Å²) in [4.78, 5) is 24.2. The van der Waals surface area contributed by atoms with Crippen LogP contribution in [0.15, 0.2) is 29.8 Å². The summed E-state index contributed by atoms with van der Waals surface area (Å²) in [6, 6.07) is 4.15. The van der Waals surface area contributed by atoms with Crippen LogP contribution < -0.4 is 11.1 Å². The quantitative estimate of drug-likeness (QED) is 0.446. The number of alkyl halides is 2. The molecule has 0 saturated heterocycles. The Kier molecular flexibility index (Phi) is 6.68. The second-order valence-corrected chi connectivity index (χ2v) is 7.35. The second-order valence-electron chi connectivity index (χ2n) is 6.46. The van der Waals surface area contributed by atoms with Gasteiger partial charge in [0.05, 0.1) is 29.7 Å². The molecule has 29 heavy (non-hydrogen) atoms. The molecular weight excluding hydrogens is 400 g/mol. The summed E-state index contributed by atoms with van der Waals surface area (Å²) >= 11 is 1.35. The van der Waals surface area contributed by atoms with E-state index in [1.807, 2.05) is 0 Å². The molecule has 0 spiro atoms. The number of carbonyl (C=O) groups excluding carboxylic acids is 1. The van der Waals surface area contributed by atoms with Crippen LogP contribution in [-0.2, 0) is 6.61 Å². The number of aromatic amines is 1. The van der Waals surface area contributed by atoms with Crippen molar-refractivity contribution in [1.82, 2.24) is 20.3 Å². The Morgan fingerprint density at radius 3 is 2.79 bits per heavy atom. The first-order chi connectivity index (χ1) is 13.9. The van der Waals surface area contributed by atoms with Crippen LogP contribution >= 0.6 is 11.3 Å². The predicted octanol–water partition coefficient (Wildman–Crippen LogP) is 3.09. The molecule has 0 radical (unpaired) electrons. The number of amides is 1. The fraction of sp³-hybridized carbons (Fsp3) is 0.316. The van der Waals surface area contributed by atoms with Crippen molar-refractivity contribution in [2.45, 2.75) is 32.4 Å². The Morgan fingerprint density at radius 1 is 1.41 bits per heavy atom. The standard InChI is InChI=1S/C19H21F2N5O2S/c1-10-6-15(13-3-2-11(7-23-13)17(20)21)25-16(10)18(28)26-14(4-5-22)19-24-12(8-27)9-29-19/h2-3,6-7,9,14,17,25,27H,4-5,8,22H2,1H3,(H,26,28). The summed E-state index contributed by atoms with van der Waals surface area (Å²) in [6.45, 7) is 1.96. The highest BCUT2D eigenvalue weighted by atomic mass is 32.1. The van der Waals surface area contributed by atoms with Gasteiger partial charge in [-0.15, -0.1) is 11.3 Å². The molecule has 1 amide bonds. The lowest BCUT2D eigenvalue weighted by Crippen LogP contribution is -2.30. The van der Waals surface area contributed by atoms with Crippen molar-refractivity contribution < 1.29 is 18.7 Å². The van der Waals surface area contributed by atoms with Gasteiger partial charge in [0.2, 0.25) is 0 Å².